The minimum Gasteiger partial charge on any atom is -0.384 e. The minimum atomic E-state index is 0.469. The molecule has 3 aromatic heterocycles. The van der Waals surface area contributed by atoms with Gasteiger partial charge in [0, 0.05) is 31.7 Å². The molecule has 5 rings (SSSR count). The molecule has 0 saturated carbocycles. The Hall–Kier alpha value is -4.64. The van der Waals surface area contributed by atoms with Crippen molar-refractivity contribution >= 4 is 23.9 Å². The van der Waals surface area contributed by atoms with Gasteiger partial charge < -0.3 is 10.6 Å². The summed E-state index contributed by atoms with van der Waals surface area (Å²) in [6.45, 7) is 1.36. The van der Waals surface area contributed by atoms with E-state index in [0.717, 1.165) is 16.8 Å². The van der Waals surface area contributed by atoms with E-state index in [2.05, 4.69) is 30.9 Å². The van der Waals surface area contributed by atoms with Crippen molar-refractivity contribution in [1.82, 2.24) is 24.9 Å². The lowest BCUT2D eigenvalue weighted by molar-refractivity contribution is 0.828. The highest BCUT2D eigenvalue weighted by atomic mass is 15.3. The fraction of sp³-hybridized carbons (Fsp3) is 0.0833. The van der Waals surface area contributed by atoms with Gasteiger partial charge in [-0.2, -0.15) is 5.26 Å². The van der Waals surface area contributed by atoms with Gasteiger partial charge in [0.25, 0.3) is 0 Å². The Labute approximate surface area is 184 Å². The molecule has 0 aliphatic carbocycles. The molecule has 8 nitrogen and oxygen atoms in total. The molecule has 0 spiro atoms. The maximum absolute atomic E-state index is 9.14. The third-order valence-corrected chi connectivity index (χ3v) is 5.14. The highest BCUT2D eigenvalue weighted by Gasteiger charge is 2.22. The maximum atomic E-state index is 9.14. The molecule has 0 unspecified atom stereocenters. The fourth-order valence-corrected chi connectivity index (χ4v) is 3.57. The lowest BCUT2D eigenvalue weighted by Crippen LogP contribution is -2.17. The number of nitrogens with zero attached hydrogens (tertiary/aromatic N) is 7. The van der Waals surface area contributed by atoms with Crippen LogP contribution in [0, 0.1) is 11.3 Å². The Morgan fingerprint density at radius 3 is 2.59 bits per heavy atom. The van der Waals surface area contributed by atoms with Crippen molar-refractivity contribution in [2.24, 2.45) is 0 Å². The number of nitrogens with two attached hydrogens (primary N) is 1. The van der Waals surface area contributed by atoms with E-state index in [9.17, 15) is 0 Å². The van der Waals surface area contributed by atoms with Gasteiger partial charge in [0.1, 0.15) is 11.5 Å². The number of nitriles is 1. The van der Waals surface area contributed by atoms with Crippen molar-refractivity contribution in [1.29, 1.82) is 5.26 Å². The second-order valence-corrected chi connectivity index (χ2v) is 7.35. The second-order valence-electron chi connectivity index (χ2n) is 7.35. The summed E-state index contributed by atoms with van der Waals surface area (Å²) in [7, 11) is 0. The lowest BCUT2D eigenvalue weighted by atomic mass is 10.1. The summed E-state index contributed by atoms with van der Waals surface area (Å²) in [4.78, 5) is 24.2. The Bertz CT molecular complexity index is 1370. The van der Waals surface area contributed by atoms with E-state index in [1.807, 2.05) is 42.5 Å². The number of hydrogen-bond acceptors (Lipinski definition) is 8. The predicted octanol–water partition coefficient (Wildman–Crippen LogP) is 3.47. The van der Waals surface area contributed by atoms with Crippen molar-refractivity contribution in [2.75, 3.05) is 10.6 Å². The lowest BCUT2D eigenvalue weighted by Gasteiger charge is -2.15. The Morgan fingerprint density at radius 2 is 1.72 bits per heavy atom. The predicted molar refractivity (Wildman–Crippen MR) is 122 cm³/mol. The van der Waals surface area contributed by atoms with Crippen molar-refractivity contribution in [3.63, 3.8) is 0 Å². The van der Waals surface area contributed by atoms with Crippen LogP contribution in [0.15, 0.2) is 61.1 Å². The van der Waals surface area contributed by atoms with Crippen LogP contribution in [0.1, 0.15) is 27.9 Å². The largest absolute Gasteiger partial charge is 0.384 e. The molecule has 8 heteroatoms. The summed E-state index contributed by atoms with van der Waals surface area (Å²) in [5, 5.41) is 9.14. The number of pyridine rings is 1. The molecule has 154 valence electrons. The molecule has 0 bridgehead atoms. The van der Waals surface area contributed by atoms with Crippen molar-refractivity contribution in [3.05, 3.63) is 89.0 Å². The summed E-state index contributed by atoms with van der Waals surface area (Å²) in [6, 6.07) is 15.2. The zero-order valence-electron chi connectivity index (χ0n) is 17.1. The van der Waals surface area contributed by atoms with Crippen LogP contribution in [-0.2, 0) is 13.1 Å². The zero-order chi connectivity index (χ0) is 21.9. The molecule has 2 N–H and O–H groups in total. The van der Waals surface area contributed by atoms with Gasteiger partial charge in [-0.05, 0) is 59.2 Å². The third-order valence-electron chi connectivity index (χ3n) is 5.14. The molecular weight excluding hydrogens is 400 g/mol. The van der Waals surface area contributed by atoms with E-state index in [4.69, 9.17) is 16.0 Å². The molecule has 0 amide bonds. The van der Waals surface area contributed by atoms with Crippen LogP contribution in [0.25, 0.3) is 23.7 Å². The molecule has 0 saturated heterocycles. The molecule has 0 fully saturated rings. The standard InChI is InChI=1S/C24H18N8/c25-13-17-1-3-18-14-32(15-19(18)11-17)24-29-10-7-21(31-24)23-28-9-6-20(30-23)4-2-16-5-8-27-22(26)12-16/h1-12H,14-15H2,(H2,26,27)/b4-2+. The van der Waals surface area contributed by atoms with Crippen molar-refractivity contribution in [3.8, 4) is 17.6 Å². The molecule has 1 aromatic carbocycles. The molecular formula is C24H18N8. The average molecular weight is 418 g/mol. The first-order valence-corrected chi connectivity index (χ1v) is 10.0. The van der Waals surface area contributed by atoms with Gasteiger partial charge in [-0.1, -0.05) is 12.1 Å². The number of hydrogen-bond donors (Lipinski definition) is 1. The summed E-state index contributed by atoms with van der Waals surface area (Å²) in [5.74, 6) is 1.60. The van der Waals surface area contributed by atoms with E-state index >= 15 is 0 Å². The normalized spacial score (nSPS) is 12.7. The SMILES string of the molecule is N#Cc1ccc2c(c1)CN(c1nccc(-c3nccc(/C=C/c4ccnc(N)c4)n3)n1)C2. The van der Waals surface area contributed by atoms with E-state index in [1.165, 1.54) is 5.56 Å². The van der Waals surface area contributed by atoms with E-state index in [1.54, 1.807) is 30.7 Å². The molecule has 0 atom stereocenters. The molecule has 1 aliphatic heterocycles. The summed E-state index contributed by atoms with van der Waals surface area (Å²) in [6.07, 6.45) is 8.91. The van der Waals surface area contributed by atoms with E-state index in [0.29, 0.717) is 41.9 Å². The van der Waals surface area contributed by atoms with Gasteiger partial charge >= 0.3 is 0 Å². The van der Waals surface area contributed by atoms with Gasteiger partial charge in [-0.15, -0.1) is 0 Å². The smallest absolute Gasteiger partial charge is 0.226 e. The minimum absolute atomic E-state index is 0.469. The average Bonchev–Trinajstić information content (AvgIpc) is 3.26. The molecule has 0 radical (unpaired) electrons. The Balaban J connectivity index is 1.38. The molecule has 1 aliphatic rings. The summed E-state index contributed by atoms with van der Waals surface area (Å²) < 4.78 is 0. The number of anilines is 2. The number of benzene rings is 1. The van der Waals surface area contributed by atoms with Gasteiger partial charge in [0.15, 0.2) is 5.82 Å². The number of rotatable bonds is 4. The second kappa shape index (κ2) is 8.24. The van der Waals surface area contributed by atoms with E-state index in [-0.39, 0.29) is 0 Å². The topological polar surface area (TPSA) is 118 Å². The number of fused-ring (bicyclic) bond motifs is 1. The van der Waals surface area contributed by atoms with Crippen LogP contribution >= 0.6 is 0 Å². The maximum Gasteiger partial charge on any atom is 0.226 e. The van der Waals surface area contributed by atoms with Gasteiger partial charge in [0.2, 0.25) is 5.95 Å². The number of nitrogen functional groups attached to an aromatic ring is 1. The monoisotopic (exact) mass is 418 g/mol. The Morgan fingerprint density at radius 1 is 0.875 bits per heavy atom. The van der Waals surface area contributed by atoms with Crippen LogP contribution in [0.3, 0.4) is 0 Å². The van der Waals surface area contributed by atoms with Crippen LogP contribution in [-0.4, -0.2) is 24.9 Å². The van der Waals surface area contributed by atoms with Gasteiger partial charge in [-0.25, -0.2) is 24.9 Å². The summed E-state index contributed by atoms with van der Waals surface area (Å²) in [5.41, 5.74) is 11.0. The van der Waals surface area contributed by atoms with Crippen molar-refractivity contribution in [2.45, 2.75) is 13.1 Å². The van der Waals surface area contributed by atoms with E-state index < -0.39 is 0 Å². The highest BCUT2D eigenvalue weighted by molar-refractivity contribution is 5.69. The van der Waals surface area contributed by atoms with Gasteiger partial charge in [0.05, 0.1) is 17.3 Å². The fourth-order valence-electron chi connectivity index (χ4n) is 3.57. The molecule has 4 aromatic rings. The first kappa shape index (κ1) is 19.3. The number of aromatic nitrogens is 5. The molecule has 4 heterocycles. The zero-order valence-corrected chi connectivity index (χ0v) is 17.1. The molecule has 32 heavy (non-hydrogen) atoms. The Kier molecular flexibility index (Phi) is 4.98. The highest BCUT2D eigenvalue weighted by Crippen LogP contribution is 2.27. The third kappa shape index (κ3) is 4.00. The van der Waals surface area contributed by atoms with Crippen LogP contribution < -0.4 is 10.6 Å². The summed E-state index contributed by atoms with van der Waals surface area (Å²) >= 11 is 0. The van der Waals surface area contributed by atoms with Gasteiger partial charge in [-0.3, -0.25) is 0 Å². The van der Waals surface area contributed by atoms with Crippen LogP contribution in [0.5, 0.6) is 0 Å². The van der Waals surface area contributed by atoms with Crippen molar-refractivity contribution < 1.29 is 0 Å². The first-order chi connectivity index (χ1) is 15.7. The van der Waals surface area contributed by atoms with Crippen LogP contribution in [0.4, 0.5) is 11.8 Å². The quantitative estimate of drug-likeness (QED) is 0.535. The van der Waals surface area contributed by atoms with Crippen LogP contribution in [0.2, 0.25) is 0 Å². The first-order valence-electron chi connectivity index (χ1n) is 10.0.